The first-order chi connectivity index (χ1) is 12.1. The number of carbonyl (C=O) groups excluding carboxylic acids is 3. The van der Waals surface area contributed by atoms with Gasteiger partial charge in [-0.05, 0) is 31.0 Å². The monoisotopic (exact) mass is 385 g/mol. The molecular weight excluding hydrogens is 369 g/mol. The van der Waals surface area contributed by atoms with Crippen LogP contribution in [0, 0.1) is 5.82 Å². The zero-order chi connectivity index (χ0) is 19.5. The molecule has 1 aliphatic rings. The van der Waals surface area contributed by atoms with Gasteiger partial charge in [-0.15, -0.1) is 0 Å². The molecule has 0 aliphatic carbocycles. The number of aliphatic carboxylic acids is 1. The zero-order valence-corrected chi connectivity index (χ0v) is 14.6. The number of carboxylic acid groups (broad SMARTS) is 1. The molecule has 1 aliphatic heterocycles. The molecule has 1 aromatic rings. The van der Waals surface area contributed by atoms with E-state index < -0.39 is 41.7 Å². The molecule has 1 aromatic carbocycles. The van der Waals surface area contributed by atoms with Crippen LogP contribution in [0.4, 0.5) is 9.18 Å². The first kappa shape index (κ1) is 19.6. The van der Waals surface area contributed by atoms with E-state index >= 15 is 0 Å². The third-order valence-corrected chi connectivity index (χ3v) is 4.25. The molecule has 26 heavy (non-hydrogen) atoms. The Morgan fingerprint density at radius 2 is 2.08 bits per heavy atom. The fourth-order valence-electron chi connectivity index (χ4n) is 2.51. The first-order valence-electron chi connectivity index (χ1n) is 7.73. The number of rotatable bonds is 7. The van der Waals surface area contributed by atoms with Gasteiger partial charge in [0.05, 0.1) is 5.02 Å². The molecule has 0 bridgehead atoms. The molecule has 140 valence electrons. The summed E-state index contributed by atoms with van der Waals surface area (Å²) in [7, 11) is 0. The molecule has 1 unspecified atom stereocenters. The maximum atomic E-state index is 13.3. The summed E-state index contributed by atoms with van der Waals surface area (Å²) in [6.07, 6.45) is 0.125. The minimum atomic E-state index is -1.47. The van der Waals surface area contributed by atoms with Crippen molar-refractivity contribution in [2.75, 3.05) is 13.1 Å². The van der Waals surface area contributed by atoms with E-state index in [1.54, 1.807) is 0 Å². The fraction of sp³-hybridized carbons (Fsp3) is 0.375. The van der Waals surface area contributed by atoms with Crippen molar-refractivity contribution in [3.05, 3.63) is 34.6 Å². The standard InChI is InChI=1S/C16H17ClFN3O5/c1-16(9-4-5-11(18)10(17)7-9)14(25)21(15(26)20-16)8-12(22)19-6-2-3-13(23)24/h4-5,7H,2-3,6,8H2,1H3,(H,19,22)(H,20,26)(H,23,24). The maximum absolute atomic E-state index is 13.3. The molecule has 1 heterocycles. The van der Waals surface area contributed by atoms with Crippen LogP contribution in [0.15, 0.2) is 18.2 Å². The van der Waals surface area contributed by atoms with E-state index in [4.69, 9.17) is 16.7 Å². The molecule has 0 spiro atoms. The van der Waals surface area contributed by atoms with E-state index in [2.05, 4.69) is 10.6 Å². The highest BCUT2D eigenvalue weighted by atomic mass is 35.5. The van der Waals surface area contributed by atoms with Crippen LogP contribution in [0.3, 0.4) is 0 Å². The molecule has 4 amide bonds. The Balaban J connectivity index is 2.04. The number of nitrogens with zero attached hydrogens (tertiary/aromatic N) is 1. The number of benzene rings is 1. The second-order valence-electron chi connectivity index (χ2n) is 5.92. The van der Waals surface area contributed by atoms with Gasteiger partial charge in [0.2, 0.25) is 5.91 Å². The van der Waals surface area contributed by atoms with E-state index in [1.165, 1.54) is 19.1 Å². The third kappa shape index (κ3) is 4.10. The number of imide groups is 1. The van der Waals surface area contributed by atoms with Crippen LogP contribution in [0.25, 0.3) is 0 Å². The largest absolute Gasteiger partial charge is 0.481 e. The lowest BCUT2D eigenvalue weighted by molar-refractivity contribution is -0.137. The number of amides is 4. The van der Waals surface area contributed by atoms with Crippen molar-refractivity contribution in [2.45, 2.75) is 25.3 Å². The van der Waals surface area contributed by atoms with E-state index in [9.17, 15) is 23.6 Å². The van der Waals surface area contributed by atoms with Gasteiger partial charge in [-0.2, -0.15) is 0 Å². The first-order valence-corrected chi connectivity index (χ1v) is 8.11. The molecule has 1 atom stereocenters. The average Bonchev–Trinajstić information content (AvgIpc) is 2.78. The Labute approximate surface area is 153 Å². The Morgan fingerprint density at radius 3 is 2.69 bits per heavy atom. The summed E-state index contributed by atoms with van der Waals surface area (Å²) >= 11 is 5.73. The Morgan fingerprint density at radius 1 is 1.38 bits per heavy atom. The van der Waals surface area contributed by atoms with Gasteiger partial charge < -0.3 is 15.7 Å². The quantitative estimate of drug-likeness (QED) is 0.482. The van der Waals surface area contributed by atoms with Gasteiger partial charge in [-0.3, -0.25) is 19.3 Å². The maximum Gasteiger partial charge on any atom is 0.325 e. The lowest BCUT2D eigenvalue weighted by atomic mass is 9.92. The third-order valence-electron chi connectivity index (χ3n) is 3.96. The van der Waals surface area contributed by atoms with Crippen LogP contribution in [-0.2, 0) is 19.9 Å². The summed E-state index contributed by atoms with van der Waals surface area (Å²) in [6.45, 7) is 1.03. The van der Waals surface area contributed by atoms with Crippen LogP contribution in [0.2, 0.25) is 5.02 Å². The molecule has 0 aromatic heterocycles. The topological polar surface area (TPSA) is 116 Å². The van der Waals surface area contributed by atoms with Crippen molar-refractivity contribution in [1.82, 2.24) is 15.5 Å². The lowest BCUT2D eigenvalue weighted by Crippen LogP contribution is -2.43. The number of nitrogens with one attached hydrogen (secondary N) is 2. The number of hydrogen-bond acceptors (Lipinski definition) is 4. The van der Waals surface area contributed by atoms with Gasteiger partial charge in [-0.1, -0.05) is 17.7 Å². The van der Waals surface area contributed by atoms with Crippen LogP contribution < -0.4 is 10.6 Å². The number of halogens is 2. The van der Waals surface area contributed by atoms with E-state index in [-0.39, 0.29) is 30.0 Å². The molecule has 0 saturated carbocycles. The van der Waals surface area contributed by atoms with Gasteiger partial charge in [0.25, 0.3) is 5.91 Å². The summed E-state index contributed by atoms with van der Waals surface area (Å²) in [5.74, 6) is -2.92. The lowest BCUT2D eigenvalue weighted by Gasteiger charge is -2.22. The number of urea groups is 1. The van der Waals surface area contributed by atoms with E-state index in [0.29, 0.717) is 0 Å². The van der Waals surface area contributed by atoms with Crippen LogP contribution in [-0.4, -0.2) is 46.9 Å². The molecule has 10 heteroatoms. The fourth-order valence-corrected chi connectivity index (χ4v) is 2.69. The second kappa shape index (κ2) is 7.69. The summed E-state index contributed by atoms with van der Waals surface area (Å²) < 4.78 is 13.3. The Kier molecular flexibility index (Phi) is 5.81. The van der Waals surface area contributed by atoms with Gasteiger partial charge in [0.1, 0.15) is 17.9 Å². The van der Waals surface area contributed by atoms with Crippen LogP contribution >= 0.6 is 11.6 Å². The predicted octanol–water partition coefficient (Wildman–Crippen LogP) is 1.23. The minimum Gasteiger partial charge on any atom is -0.481 e. The summed E-state index contributed by atoms with van der Waals surface area (Å²) in [6, 6.07) is 2.89. The molecule has 8 nitrogen and oxygen atoms in total. The molecule has 3 N–H and O–H groups in total. The van der Waals surface area contributed by atoms with Crippen molar-refractivity contribution in [3.63, 3.8) is 0 Å². The summed E-state index contributed by atoms with van der Waals surface area (Å²) in [5.41, 5.74) is -1.19. The SMILES string of the molecule is CC1(c2ccc(F)c(Cl)c2)NC(=O)N(CC(=O)NCCCC(=O)O)C1=O. The Hall–Kier alpha value is -2.68. The summed E-state index contributed by atoms with van der Waals surface area (Å²) in [5, 5.41) is 13.3. The highest BCUT2D eigenvalue weighted by Crippen LogP contribution is 2.31. The molecule has 1 fully saturated rings. The van der Waals surface area contributed by atoms with Crippen molar-refractivity contribution in [2.24, 2.45) is 0 Å². The van der Waals surface area contributed by atoms with Crippen molar-refractivity contribution in [1.29, 1.82) is 0 Å². The van der Waals surface area contributed by atoms with Crippen molar-refractivity contribution in [3.8, 4) is 0 Å². The second-order valence-corrected chi connectivity index (χ2v) is 6.33. The normalized spacial score (nSPS) is 19.4. The number of carbonyl (C=O) groups is 4. The smallest absolute Gasteiger partial charge is 0.325 e. The van der Waals surface area contributed by atoms with Crippen molar-refractivity contribution < 1.29 is 28.7 Å². The molecule has 0 radical (unpaired) electrons. The van der Waals surface area contributed by atoms with E-state index in [0.717, 1.165) is 11.0 Å². The molecular formula is C16H17ClFN3O5. The highest BCUT2D eigenvalue weighted by molar-refractivity contribution is 6.30. The number of carboxylic acids is 1. The van der Waals surface area contributed by atoms with Crippen molar-refractivity contribution >= 4 is 35.4 Å². The predicted molar refractivity (Wildman–Crippen MR) is 88.9 cm³/mol. The van der Waals surface area contributed by atoms with Gasteiger partial charge >= 0.3 is 12.0 Å². The summed E-state index contributed by atoms with van der Waals surface area (Å²) in [4.78, 5) is 47.8. The number of hydrogen-bond donors (Lipinski definition) is 3. The molecule has 1 saturated heterocycles. The Bertz CT molecular complexity index is 772. The van der Waals surface area contributed by atoms with Crippen LogP contribution in [0.1, 0.15) is 25.3 Å². The molecule has 2 rings (SSSR count). The van der Waals surface area contributed by atoms with E-state index in [1.807, 2.05) is 0 Å². The average molecular weight is 386 g/mol. The van der Waals surface area contributed by atoms with Gasteiger partial charge in [0.15, 0.2) is 0 Å². The van der Waals surface area contributed by atoms with Crippen LogP contribution in [0.5, 0.6) is 0 Å². The van der Waals surface area contributed by atoms with Gasteiger partial charge in [0, 0.05) is 13.0 Å². The zero-order valence-electron chi connectivity index (χ0n) is 13.8. The van der Waals surface area contributed by atoms with Gasteiger partial charge in [-0.25, -0.2) is 9.18 Å². The highest BCUT2D eigenvalue weighted by Gasteiger charge is 2.49. The minimum absolute atomic E-state index is 0.104.